The number of aliphatic carboxylic acids is 1. The van der Waals surface area contributed by atoms with Crippen LogP contribution in [0.15, 0.2) is 29.2 Å². The summed E-state index contributed by atoms with van der Waals surface area (Å²) in [5.41, 5.74) is 2.06. The number of pyridine rings is 1. The standard InChI is InChI=1S/C16H19N3O3/c1-11-5-4-8-19-14(20)9-12(17-15(11)19)10-18-7-3-2-6-13(18)16(21)22/h4-5,8-9,13H,2-3,6-7,10H2,1H3,(H,21,22). The number of likely N-dealkylation sites (tertiary alicyclic amines) is 1. The predicted molar refractivity (Wildman–Crippen MR) is 81.9 cm³/mol. The average molecular weight is 301 g/mol. The highest BCUT2D eigenvalue weighted by molar-refractivity contribution is 5.73. The third kappa shape index (κ3) is 2.74. The van der Waals surface area contributed by atoms with Gasteiger partial charge in [-0.1, -0.05) is 12.5 Å². The molecular formula is C16H19N3O3. The van der Waals surface area contributed by atoms with Crippen LogP contribution in [0.3, 0.4) is 0 Å². The molecule has 1 aliphatic heterocycles. The quantitative estimate of drug-likeness (QED) is 0.928. The summed E-state index contributed by atoms with van der Waals surface area (Å²) in [4.78, 5) is 30.0. The van der Waals surface area contributed by atoms with E-state index in [-0.39, 0.29) is 5.56 Å². The Hall–Kier alpha value is -2.21. The molecule has 1 fully saturated rings. The minimum absolute atomic E-state index is 0.132. The Morgan fingerprint density at radius 1 is 1.45 bits per heavy atom. The van der Waals surface area contributed by atoms with E-state index in [0.29, 0.717) is 24.3 Å². The molecule has 6 heteroatoms. The molecule has 0 bridgehead atoms. The van der Waals surface area contributed by atoms with Gasteiger partial charge in [0.05, 0.1) is 5.69 Å². The Balaban J connectivity index is 1.95. The van der Waals surface area contributed by atoms with Crippen LogP contribution in [0.4, 0.5) is 0 Å². The van der Waals surface area contributed by atoms with Gasteiger partial charge in [0, 0.05) is 18.8 Å². The molecule has 2 aromatic heterocycles. The van der Waals surface area contributed by atoms with E-state index >= 15 is 0 Å². The third-order valence-corrected chi connectivity index (χ3v) is 4.20. The lowest BCUT2D eigenvalue weighted by molar-refractivity contribution is -0.144. The van der Waals surface area contributed by atoms with Crippen molar-refractivity contribution in [2.75, 3.05) is 6.54 Å². The molecule has 2 aromatic rings. The summed E-state index contributed by atoms with van der Waals surface area (Å²) in [6.45, 7) is 3.04. The molecule has 3 rings (SSSR count). The van der Waals surface area contributed by atoms with Crippen molar-refractivity contribution in [3.63, 3.8) is 0 Å². The Bertz CT molecular complexity index is 769. The van der Waals surface area contributed by atoms with E-state index in [1.807, 2.05) is 24.0 Å². The van der Waals surface area contributed by atoms with Gasteiger partial charge < -0.3 is 5.11 Å². The molecule has 0 aliphatic carbocycles. The molecule has 0 aromatic carbocycles. The maximum absolute atomic E-state index is 12.2. The van der Waals surface area contributed by atoms with Crippen molar-refractivity contribution in [1.82, 2.24) is 14.3 Å². The lowest BCUT2D eigenvalue weighted by atomic mass is 10.0. The fourth-order valence-corrected chi connectivity index (χ4v) is 3.06. The average Bonchev–Trinajstić information content (AvgIpc) is 2.49. The number of rotatable bonds is 3. The largest absolute Gasteiger partial charge is 0.480 e. The summed E-state index contributed by atoms with van der Waals surface area (Å²) >= 11 is 0. The number of fused-ring (bicyclic) bond motifs is 1. The molecule has 1 saturated heterocycles. The molecule has 0 saturated carbocycles. The van der Waals surface area contributed by atoms with Crippen LogP contribution in [-0.2, 0) is 11.3 Å². The molecular weight excluding hydrogens is 282 g/mol. The van der Waals surface area contributed by atoms with E-state index in [4.69, 9.17) is 0 Å². The molecule has 0 spiro atoms. The minimum atomic E-state index is -0.798. The van der Waals surface area contributed by atoms with Gasteiger partial charge in [0.1, 0.15) is 11.7 Å². The molecule has 1 atom stereocenters. The molecule has 0 amide bonds. The van der Waals surface area contributed by atoms with Gasteiger partial charge in [0.25, 0.3) is 5.56 Å². The summed E-state index contributed by atoms with van der Waals surface area (Å²) < 4.78 is 1.52. The van der Waals surface area contributed by atoms with E-state index < -0.39 is 12.0 Å². The number of carboxylic acids is 1. The zero-order valence-electron chi connectivity index (χ0n) is 12.5. The molecule has 3 heterocycles. The van der Waals surface area contributed by atoms with Gasteiger partial charge in [-0.05, 0) is 37.9 Å². The molecule has 1 unspecified atom stereocenters. The van der Waals surface area contributed by atoms with E-state index in [2.05, 4.69) is 4.98 Å². The highest BCUT2D eigenvalue weighted by atomic mass is 16.4. The van der Waals surface area contributed by atoms with E-state index in [1.54, 1.807) is 6.20 Å². The normalized spacial score (nSPS) is 19.4. The number of aryl methyl sites for hydroxylation is 1. The Labute approximate surface area is 128 Å². The maximum atomic E-state index is 12.2. The lowest BCUT2D eigenvalue weighted by Gasteiger charge is -2.32. The maximum Gasteiger partial charge on any atom is 0.320 e. The highest BCUT2D eigenvalue weighted by Crippen LogP contribution is 2.19. The van der Waals surface area contributed by atoms with Gasteiger partial charge in [0.15, 0.2) is 0 Å². The van der Waals surface area contributed by atoms with Crippen LogP contribution in [0.2, 0.25) is 0 Å². The number of hydrogen-bond donors (Lipinski definition) is 1. The van der Waals surface area contributed by atoms with Crippen LogP contribution in [-0.4, -0.2) is 37.9 Å². The van der Waals surface area contributed by atoms with Gasteiger partial charge in [-0.25, -0.2) is 4.98 Å². The predicted octanol–water partition coefficient (Wildman–Crippen LogP) is 1.44. The van der Waals surface area contributed by atoms with Gasteiger partial charge in [-0.15, -0.1) is 0 Å². The van der Waals surface area contributed by atoms with Gasteiger partial charge in [-0.3, -0.25) is 18.9 Å². The summed E-state index contributed by atoms with van der Waals surface area (Å²) in [5.74, 6) is -0.798. The summed E-state index contributed by atoms with van der Waals surface area (Å²) in [7, 11) is 0. The van der Waals surface area contributed by atoms with Gasteiger partial charge in [-0.2, -0.15) is 0 Å². The zero-order valence-corrected chi connectivity index (χ0v) is 12.5. The number of carbonyl (C=O) groups is 1. The van der Waals surface area contributed by atoms with Crippen LogP contribution >= 0.6 is 0 Å². The fourth-order valence-electron chi connectivity index (χ4n) is 3.06. The first kappa shape index (κ1) is 14.7. The van der Waals surface area contributed by atoms with Crippen molar-refractivity contribution in [2.24, 2.45) is 0 Å². The molecule has 116 valence electrons. The smallest absolute Gasteiger partial charge is 0.320 e. The second-order valence-corrected chi connectivity index (χ2v) is 5.79. The van der Waals surface area contributed by atoms with Crippen LogP contribution in [0.5, 0.6) is 0 Å². The number of nitrogens with zero attached hydrogens (tertiary/aromatic N) is 3. The van der Waals surface area contributed by atoms with Crippen molar-refractivity contribution in [3.8, 4) is 0 Å². The van der Waals surface area contributed by atoms with Crippen molar-refractivity contribution < 1.29 is 9.90 Å². The van der Waals surface area contributed by atoms with Crippen LogP contribution in [0.1, 0.15) is 30.5 Å². The highest BCUT2D eigenvalue weighted by Gasteiger charge is 2.28. The number of hydrogen-bond acceptors (Lipinski definition) is 4. The second-order valence-electron chi connectivity index (χ2n) is 5.79. The molecule has 22 heavy (non-hydrogen) atoms. The summed E-state index contributed by atoms with van der Waals surface area (Å²) in [5, 5.41) is 9.33. The van der Waals surface area contributed by atoms with Crippen molar-refractivity contribution in [1.29, 1.82) is 0 Å². The van der Waals surface area contributed by atoms with Gasteiger partial charge >= 0.3 is 5.97 Å². The second kappa shape index (κ2) is 5.88. The van der Waals surface area contributed by atoms with Crippen molar-refractivity contribution in [2.45, 2.75) is 38.8 Å². The Kier molecular flexibility index (Phi) is 3.94. The van der Waals surface area contributed by atoms with Crippen molar-refractivity contribution >= 4 is 11.6 Å². The number of piperidine rings is 1. The summed E-state index contributed by atoms with van der Waals surface area (Å²) in [6.07, 6.45) is 4.26. The zero-order chi connectivity index (χ0) is 15.7. The minimum Gasteiger partial charge on any atom is -0.480 e. The van der Waals surface area contributed by atoms with E-state index in [0.717, 1.165) is 24.9 Å². The number of aromatic nitrogens is 2. The van der Waals surface area contributed by atoms with Crippen LogP contribution in [0.25, 0.3) is 5.65 Å². The summed E-state index contributed by atoms with van der Waals surface area (Å²) in [6, 6.07) is 4.74. The first-order valence-corrected chi connectivity index (χ1v) is 7.51. The SMILES string of the molecule is Cc1cccn2c(=O)cc(CN3CCCCC3C(=O)O)nc12. The topological polar surface area (TPSA) is 74.9 Å². The molecule has 1 aliphatic rings. The van der Waals surface area contributed by atoms with E-state index in [1.165, 1.54) is 10.5 Å². The monoisotopic (exact) mass is 301 g/mol. The van der Waals surface area contributed by atoms with Crippen molar-refractivity contribution in [3.05, 3.63) is 46.0 Å². The Morgan fingerprint density at radius 2 is 2.27 bits per heavy atom. The molecule has 0 radical (unpaired) electrons. The Morgan fingerprint density at radius 3 is 3.05 bits per heavy atom. The number of carboxylic acid groups (broad SMARTS) is 1. The lowest BCUT2D eigenvalue weighted by Crippen LogP contribution is -2.44. The first-order chi connectivity index (χ1) is 10.6. The third-order valence-electron chi connectivity index (χ3n) is 4.20. The van der Waals surface area contributed by atoms with E-state index in [9.17, 15) is 14.7 Å². The molecule has 6 nitrogen and oxygen atoms in total. The van der Waals surface area contributed by atoms with Crippen LogP contribution in [0, 0.1) is 6.92 Å². The fraction of sp³-hybridized carbons (Fsp3) is 0.438. The van der Waals surface area contributed by atoms with Gasteiger partial charge in [0.2, 0.25) is 0 Å². The first-order valence-electron chi connectivity index (χ1n) is 7.51. The van der Waals surface area contributed by atoms with Crippen LogP contribution < -0.4 is 5.56 Å². The molecule has 1 N–H and O–H groups in total.